The van der Waals surface area contributed by atoms with Crippen LogP contribution in [0.4, 0.5) is 0 Å². The Morgan fingerprint density at radius 3 is 1.45 bits per heavy atom. The molecule has 4 nitrogen and oxygen atoms in total. The lowest BCUT2D eigenvalue weighted by Gasteiger charge is -2.34. The molecule has 13 aromatic rings. The summed E-state index contributed by atoms with van der Waals surface area (Å²) in [7, 11) is 0. The number of hydrogen-bond donors (Lipinski definition) is 0. The second-order valence-corrected chi connectivity index (χ2v) is 17.6. The van der Waals surface area contributed by atoms with Crippen LogP contribution in [0.15, 0.2) is 218 Å². The van der Waals surface area contributed by atoms with Gasteiger partial charge in [0.2, 0.25) is 0 Å². The van der Waals surface area contributed by atoms with Crippen LogP contribution in [0.2, 0.25) is 0 Å². The standard InChI is InChI=1S/C60H36BN3O/c1-3-15-37(16-4-1)39-27-30-57-49(31-39)61-50-36-42(63-53-25-13-9-21-45(53)46-22-10-14-26-54(46)63)35-48-47-34-41(62-51-23-11-7-19-43(51)44-20-8-12-24-52(44)62)28-29-55(47)64(60(48)50)56-32-40(33-58(65-57)59(56)61)38-17-5-2-6-18-38/h1-36H. The normalized spacial score (nSPS) is 12.7. The molecule has 0 aliphatic carbocycles. The molecule has 5 heteroatoms. The summed E-state index contributed by atoms with van der Waals surface area (Å²) >= 11 is 0. The van der Waals surface area contributed by atoms with E-state index in [4.69, 9.17) is 4.74 Å². The van der Waals surface area contributed by atoms with E-state index in [2.05, 4.69) is 232 Å². The van der Waals surface area contributed by atoms with Crippen molar-refractivity contribution in [2.24, 2.45) is 0 Å². The van der Waals surface area contributed by atoms with Gasteiger partial charge in [0.25, 0.3) is 6.71 Å². The number of aromatic nitrogens is 3. The molecule has 300 valence electrons. The van der Waals surface area contributed by atoms with Crippen LogP contribution in [-0.4, -0.2) is 20.4 Å². The Morgan fingerprint density at radius 2 is 0.831 bits per heavy atom. The van der Waals surface area contributed by atoms with Crippen molar-refractivity contribution < 1.29 is 4.74 Å². The molecule has 0 atom stereocenters. The molecule has 0 saturated carbocycles. The van der Waals surface area contributed by atoms with Gasteiger partial charge in [-0.1, -0.05) is 146 Å². The number of nitrogens with zero attached hydrogens (tertiary/aromatic N) is 3. The van der Waals surface area contributed by atoms with Crippen LogP contribution in [0.3, 0.4) is 0 Å². The highest BCUT2D eigenvalue weighted by atomic mass is 16.5. The molecule has 0 radical (unpaired) electrons. The zero-order chi connectivity index (χ0) is 42.3. The second-order valence-electron chi connectivity index (χ2n) is 17.6. The molecule has 0 amide bonds. The molecule has 0 saturated heterocycles. The van der Waals surface area contributed by atoms with E-state index in [0.29, 0.717) is 0 Å². The first-order valence-corrected chi connectivity index (χ1v) is 22.5. The van der Waals surface area contributed by atoms with Crippen LogP contribution in [0.1, 0.15) is 0 Å². The average molecular weight is 826 g/mol. The molecule has 0 fully saturated rings. The molecule has 0 spiro atoms. The Morgan fingerprint density at radius 1 is 0.308 bits per heavy atom. The maximum absolute atomic E-state index is 7.12. The number of ether oxygens (including phenoxy) is 1. The van der Waals surface area contributed by atoms with Crippen molar-refractivity contribution in [3.8, 4) is 50.8 Å². The summed E-state index contributed by atoms with van der Waals surface area (Å²) in [6.07, 6.45) is 0. The van der Waals surface area contributed by atoms with Gasteiger partial charge in [-0.3, -0.25) is 0 Å². The van der Waals surface area contributed by atoms with Gasteiger partial charge in [-0.2, -0.15) is 0 Å². The zero-order valence-electron chi connectivity index (χ0n) is 35.1. The number of rotatable bonds is 4. The SMILES string of the molecule is c1ccc(-c2ccc3c(c2)B2c4c(cc(-c5ccccc5)cc4-n4c5ccc(-n6c7ccccc7c7ccccc76)cc5c5cc(-n6c7ccccc7c7ccccc76)cc2c54)O3)cc1. The van der Waals surface area contributed by atoms with Gasteiger partial charge in [0.15, 0.2) is 0 Å². The Labute approximate surface area is 374 Å². The first kappa shape index (κ1) is 35.0. The van der Waals surface area contributed by atoms with Gasteiger partial charge < -0.3 is 18.4 Å². The zero-order valence-corrected chi connectivity index (χ0v) is 35.1. The fourth-order valence-corrected chi connectivity index (χ4v) is 11.5. The summed E-state index contributed by atoms with van der Waals surface area (Å²) in [6, 6.07) is 80.2. The highest BCUT2D eigenvalue weighted by Gasteiger charge is 2.41. The van der Waals surface area contributed by atoms with Gasteiger partial charge in [-0.25, -0.2) is 0 Å². The predicted octanol–water partition coefficient (Wildman–Crippen LogP) is 13.2. The fourth-order valence-electron chi connectivity index (χ4n) is 11.5. The minimum atomic E-state index is -0.0959. The van der Waals surface area contributed by atoms with Crippen LogP contribution < -0.4 is 21.1 Å². The summed E-state index contributed by atoms with van der Waals surface area (Å²) in [5.41, 5.74) is 18.9. The van der Waals surface area contributed by atoms with Gasteiger partial charge in [0.05, 0.1) is 27.6 Å². The molecule has 2 aliphatic rings. The van der Waals surface area contributed by atoms with Crippen LogP contribution in [0.25, 0.3) is 105 Å². The predicted molar refractivity (Wildman–Crippen MR) is 272 cm³/mol. The Kier molecular flexibility index (Phi) is 7.00. The van der Waals surface area contributed by atoms with Crippen LogP contribution >= 0.6 is 0 Å². The van der Waals surface area contributed by atoms with Crippen molar-refractivity contribution >= 4 is 88.5 Å². The summed E-state index contributed by atoms with van der Waals surface area (Å²) < 4.78 is 14.6. The second kappa shape index (κ2) is 13.0. The maximum Gasteiger partial charge on any atom is 0.256 e. The maximum atomic E-state index is 7.12. The van der Waals surface area contributed by atoms with Crippen molar-refractivity contribution in [2.45, 2.75) is 0 Å². The molecule has 65 heavy (non-hydrogen) atoms. The highest BCUT2D eigenvalue weighted by molar-refractivity contribution is 6.99. The minimum absolute atomic E-state index is 0.0959. The molecule has 10 aromatic carbocycles. The van der Waals surface area contributed by atoms with E-state index in [0.717, 1.165) is 39.7 Å². The highest BCUT2D eigenvalue weighted by Crippen LogP contribution is 2.43. The summed E-state index contributed by atoms with van der Waals surface area (Å²) in [6.45, 7) is -0.0959. The van der Waals surface area contributed by atoms with Gasteiger partial charge in [0.1, 0.15) is 11.5 Å². The molecular formula is C60H36BN3O. The van der Waals surface area contributed by atoms with Crippen LogP contribution in [0.5, 0.6) is 11.5 Å². The molecule has 5 heterocycles. The largest absolute Gasteiger partial charge is 0.458 e. The van der Waals surface area contributed by atoms with E-state index in [9.17, 15) is 0 Å². The van der Waals surface area contributed by atoms with Crippen molar-refractivity contribution in [2.75, 3.05) is 0 Å². The molecule has 15 rings (SSSR count). The quantitative estimate of drug-likeness (QED) is 0.162. The van der Waals surface area contributed by atoms with Crippen LogP contribution in [0, 0.1) is 0 Å². The molecule has 0 bridgehead atoms. The average Bonchev–Trinajstić information content (AvgIpc) is 4.01. The van der Waals surface area contributed by atoms with E-state index in [1.165, 1.54) is 92.9 Å². The third-order valence-corrected chi connectivity index (χ3v) is 14.3. The Hall–Kier alpha value is -8.54. The van der Waals surface area contributed by atoms with Crippen molar-refractivity contribution in [1.29, 1.82) is 0 Å². The lowest BCUT2D eigenvalue weighted by Crippen LogP contribution is -2.58. The minimum Gasteiger partial charge on any atom is -0.458 e. The van der Waals surface area contributed by atoms with E-state index in [1.54, 1.807) is 0 Å². The van der Waals surface area contributed by atoms with Crippen molar-refractivity contribution in [3.05, 3.63) is 218 Å². The molecule has 0 N–H and O–H groups in total. The number of hydrogen-bond acceptors (Lipinski definition) is 1. The first-order valence-electron chi connectivity index (χ1n) is 22.5. The Balaban J connectivity index is 1.10. The third kappa shape index (κ3) is 4.81. The van der Waals surface area contributed by atoms with E-state index in [-0.39, 0.29) is 6.71 Å². The lowest BCUT2D eigenvalue weighted by atomic mass is 9.34. The lowest BCUT2D eigenvalue weighted by molar-refractivity contribution is 0.487. The van der Waals surface area contributed by atoms with Crippen molar-refractivity contribution in [3.63, 3.8) is 0 Å². The number of fused-ring (bicyclic) bond motifs is 13. The van der Waals surface area contributed by atoms with Crippen LogP contribution in [-0.2, 0) is 0 Å². The summed E-state index contributed by atoms with van der Waals surface area (Å²) in [4.78, 5) is 0. The topological polar surface area (TPSA) is 24.0 Å². The number of benzene rings is 10. The smallest absolute Gasteiger partial charge is 0.256 e. The summed E-state index contributed by atoms with van der Waals surface area (Å²) in [5.74, 6) is 1.79. The summed E-state index contributed by atoms with van der Waals surface area (Å²) in [5, 5.41) is 7.44. The van der Waals surface area contributed by atoms with Gasteiger partial charge >= 0.3 is 0 Å². The van der Waals surface area contributed by atoms with E-state index in [1.807, 2.05) is 0 Å². The Bertz CT molecular complexity index is 4050. The molecular weight excluding hydrogens is 789 g/mol. The monoisotopic (exact) mass is 825 g/mol. The molecule has 0 unspecified atom stereocenters. The van der Waals surface area contributed by atoms with Crippen molar-refractivity contribution in [1.82, 2.24) is 13.7 Å². The fraction of sp³-hybridized carbons (Fsp3) is 0. The van der Waals surface area contributed by atoms with E-state index < -0.39 is 0 Å². The first-order chi connectivity index (χ1) is 32.2. The van der Waals surface area contributed by atoms with Gasteiger partial charge in [-0.15, -0.1) is 0 Å². The van der Waals surface area contributed by atoms with Gasteiger partial charge in [-0.05, 0) is 111 Å². The molecule has 2 aliphatic heterocycles. The molecule has 3 aromatic heterocycles. The third-order valence-electron chi connectivity index (χ3n) is 14.3. The van der Waals surface area contributed by atoms with Gasteiger partial charge in [0, 0.05) is 54.9 Å². The number of para-hydroxylation sites is 4. The van der Waals surface area contributed by atoms with E-state index >= 15 is 0 Å².